The van der Waals surface area contributed by atoms with E-state index in [4.69, 9.17) is 9.47 Å². The van der Waals surface area contributed by atoms with E-state index in [0.717, 1.165) is 0 Å². The number of amides is 3. The van der Waals surface area contributed by atoms with E-state index in [2.05, 4.69) is 16.0 Å². The molecule has 0 saturated carbocycles. The van der Waals surface area contributed by atoms with Crippen LogP contribution >= 0.6 is 0 Å². The van der Waals surface area contributed by atoms with Gasteiger partial charge in [0.1, 0.15) is 5.75 Å². The second-order valence-electron chi connectivity index (χ2n) is 5.84. The number of nitrogens with one attached hydrogen (secondary N) is 3. The maximum atomic E-state index is 12.4. The van der Waals surface area contributed by atoms with Crippen molar-refractivity contribution in [2.45, 2.75) is 20.0 Å². The molecule has 0 spiro atoms. The summed E-state index contributed by atoms with van der Waals surface area (Å²) < 4.78 is 10.3. The van der Waals surface area contributed by atoms with Gasteiger partial charge in [-0.2, -0.15) is 0 Å². The van der Waals surface area contributed by atoms with Gasteiger partial charge in [-0.15, -0.1) is 0 Å². The van der Waals surface area contributed by atoms with E-state index >= 15 is 0 Å². The van der Waals surface area contributed by atoms with Crippen molar-refractivity contribution in [2.24, 2.45) is 0 Å². The number of carbonyl (C=O) groups is 3. The van der Waals surface area contributed by atoms with Gasteiger partial charge in [-0.05, 0) is 56.3 Å². The van der Waals surface area contributed by atoms with Crippen molar-refractivity contribution >= 4 is 35.0 Å². The van der Waals surface area contributed by atoms with Crippen molar-refractivity contribution in [3.8, 4) is 5.75 Å². The van der Waals surface area contributed by atoms with Crippen LogP contribution < -0.4 is 20.7 Å². The van der Waals surface area contributed by atoms with Crippen LogP contribution in [0.2, 0.25) is 0 Å². The minimum absolute atomic E-state index is 0.240. The zero-order chi connectivity index (χ0) is 19.4. The number of fused-ring (bicyclic) bond motifs is 1. The summed E-state index contributed by atoms with van der Waals surface area (Å²) in [6, 6.07) is 11.4. The van der Waals surface area contributed by atoms with Crippen molar-refractivity contribution < 1.29 is 23.9 Å². The number of carbonyl (C=O) groups excluding carboxylic acids is 3. The van der Waals surface area contributed by atoms with Gasteiger partial charge >= 0.3 is 6.09 Å². The zero-order valence-electron chi connectivity index (χ0n) is 14.9. The average molecular weight is 369 g/mol. The predicted octanol–water partition coefficient (Wildman–Crippen LogP) is 3.23. The van der Waals surface area contributed by atoms with Crippen molar-refractivity contribution in [2.75, 3.05) is 22.6 Å². The highest BCUT2D eigenvalue weighted by atomic mass is 16.5. The fourth-order valence-electron chi connectivity index (χ4n) is 2.48. The molecule has 3 amide bonds. The highest BCUT2D eigenvalue weighted by Crippen LogP contribution is 2.32. The highest BCUT2D eigenvalue weighted by molar-refractivity contribution is 6.05. The first-order valence-corrected chi connectivity index (χ1v) is 8.43. The molecule has 0 saturated heterocycles. The van der Waals surface area contributed by atoms with E-state index in [1.807, 2.05) is 0 Å². The van der Waals surface area contributed by atoms with Crippen LogP contribution in [0, 0.1) is 0 Å². The van der Waals surface area contributed by atoms with E-state index < -0.39 is 12.2 Å². The summed E-state index contributed by atoms with van der Waals surface area (Å²) >= 11 is 0. The number of hydrogen-bond acceptors (Lipinski definition) is 5. The molecule has 0 aromatic heterocycles. The Balaban J connectivity index is 1.66. The van der Waals surface area contributed by atoms with Crippen LogP contribution in [0.4, 0.5) is 21.9 Å². The summed E-state index contributed by atoms with van der Waals surface area (Å²) in [4.78, 5) is 35.5. The van der Waals surface area contributed by atoms with Crippen LogP contribution in [0.1, 0.15) is 24.2 Å². The molecule has 27 heavy (non-hydrogen) atoms. The largest absolute Gasteiger partial charge is 0.479 e. The molecule has 0 aliphatic carbocycles. The number of anilines is 3. The molecule has 3 N–H and O–H groups in total. The Hall–Kier alpha value is -3.55. The molecule has 1 aliphatic heterocycles. The minimum atomic E-state index is -0.556. The zero-order valence-corrected chi connectivity index (χ0v) is 14.9. The fraction of sp³-hybridized carbons (Fsp3) is 0.211. The molecule has 0 bridgehead atoms. The molecule has 8 heteroatoms. The Kier molecular flexibility index (Phi) is 5.25. The lowest BCUT2D eigenvalue weighted by Crippen LogP contribution is -2.34. The quantitative estimate of drug-likeness (QED) is 0.767. The van der Waals surface area contributed by atoms with Crippen LogP contribution in [0.5, 0.6) is 5.75 Å². The number of benzene rings is 2. The third-order valence-corrected chi connectivity index (χ3v) is 3.84. The summed E-state index contributed by atoms with van der Waals surface area (Å²) in [5.74, 6) is -0.0146. The molecule has 0 fully saturated rings. The molecule has 8 nitrogen and oxygen atoms in total. The van der Waals surface area contributed by atoms with Crippen molar-refractivity contribution in [1.82, 2.24) is 0 Å². The topological polar surface area (TPSA) is 106 Å². The lowest BCUT2D eigenvalue weighted by molar-refractivity contribution is -0.122. The normalized spacial score (nSPS) is 15.0. The van der Waals surface area contributed by atoms with Crippen LogP contribution in [0.15, 0.2) is 42.5 Å². The van der Waals surface area contributed by atoms with Gasteiger partial charge in [0.05, 0.1) is 12.3 Å². The number of hydrogen-bond donors (Lipinski definition) is 3. The summed E-state index contributed by atoms with van der Waals surface area (Å²) in [6.07, 6.45) is -1.11. The van der Waals surface area contributed by atoms with Crippen LogP contribution in [-0.4, -0.2) is 30.6 Å². The van der Waals surface area contributed by atoms with Gasteiger partial charge in [0.15, 0.2) is 6.10 Å². The molecule has 1 atom stereocenters. The van der Waals surface area contributed by atoms with Crippen LogP contribution in [0.25, 0.3) is 0 Å². The molecule has 2 aromatic rings. The van der Waals surface area contributed by atoms with Gasteiger partial charge in [0.2, 0.25) is 0 Å². The lowest BCUT2D eigenvalue weighted by Gasteiger charge is -2.23. The van der Waals surface area contributed by atoms with Crippen LogP contribution in [0.3, 0.4) is 0 Å². The minimum Gasteiger partial charge on any atom is -0.479 e. The van der Waals surface area contributed by atoms with Crippen LogP contribution in [-0.2, 0) is 9.53 Å². The molecule has 3 rings (SSSR count). The van der Waals surface area contributed by atoms with E-state index in [0.29, 0.717) is 28.4 Å². The third-order valence-electron chi connectivity index (χ3n) is 3.84. The molecular weight excluding hydrogens is 350 g/mol. The Labute approximate surface area is 155 Å². The fourth-order valence-corrected chi connectivity index (χ4v) is 2.48. The molecule has 2 aromatic carbocycles. The number of rotatable bonds is 4. The SMILES string of the molecule is CCOC(=O)Nc1ccc(C(=O)Nc2ccc3c(c2)NC(=O)C(C)O3)cc1. The molecule has 1 unspecified atom stereocenters. The Morgan fingerprint density at radius 3 is 2.52 bits per heavy atom. The monoisotopic (exact) mass is 369 g/mol. The Bertz CT molecular complexity index is 879. The van der Waals surface area contributed by atoms with E-state index in [1.165, 1.54) is 0 Å². The van der Waals surface area contributed by atoms with Gasteiger partial charge in [0, 0.05) is 16.9 Å². The molecule has 1 aliphatic rings. The van der Waals surface area contributed by atoms with Gasteiger partial charge in [0.25, 0.3) is 11.8 Å². The lowest BCUT2D eigenvalue weighted by atomic mass is 10.1. The molecular formula is C19H19N3O5. The van der Waals surface area contributed by atoms with Gasteiger partial charge < -0.3 is 20.1 Å². The molecule has 1 heterocycles. The van der Waals surface area contributed by atoms with Crippen molar-refractivity contribution in [3.63, 3.8) is 0 Å². The molecule has 140 valence electrons. The van der Waals surface area contributed by atoms with Gasteiger partial charge in [-0.1, -0.05) is 0 Å². The predicted molar refractivity (Wildman–Crippen MR) is 100 cm³/mol. The average Bonchev–Trinajstić information content (AvgIpc) is 2.63. The van der Waals surface area contributed by atoms with E-state index in [1.54, 1.807) is 56.3 Å². The second-order valence-corrected chi connectivity index (χ2v) is 5.84. The summed E-state index contributed by atoms with van der Waals surface area (Å²) in [5, 5.41) is 8.04. The van der Waals surface area contributed by atoms with E-state index in [9.17, 15) is 14.4 Å². The second kappa shape index (κ2) is 7.77. The maximum Gasteiger partial charge on any atom is 0.411 e. The first-order valence-electron chi connectivity index (χ1n) is 8.43. The first-order chi connectivity index (χ1) is 13.0. The maximum absolute atomic E-state index is 12.4. The first kappa shape index (κ1) is 18.2. The summed E-state index contributed by atoms with van der Waals surface area (Å²) in [5.41, 5.74) is 1.96. The Morgan fingerprint density at radius 1 is 1.11 bits per heavy atom. The third kappa shape index (κ3) is 4.35. The highest BCUT2D eigenvalue weighted by Gasteiger charge is 2.23. The van der Waals surface area contributed by atoms with Crippen molar-refractivity contribution in [1.29, 1.82) is 0 Å². The summed E-state index contributed by atoms with van der Waals surface area (Å²) in [7, 11) is 0. The van der Waals surface area contributed by atoms with Gasteiger partial charge in [-0.25, -0.2) is 4.79 Å². The summed E-state index contributed by atoms with van der Waals surface area (Å²) in [6.45, 7) is 3.65. The number of ether oxygens (including phenoxy) is 2. The van der Waals surface area contributed by atoms with Gasteiger partial charge in [-0.3, -0.25) is 14.9 Å². The van der Waals surface area contributed by atoms with Crippen molar-refractivity contribution in [3.05, 3.63) is 48.0 Å². The van der Waals surface area contributed by atoms with E-state index in [-0.39, 0.29) is 18.4 Å². The standard InChI is InChI=1S/C19H19N3O5/c1-3-26-19(25)21-13-6-4-12(5-7-13)18(24)20-14-8-9-16-15(10-14)22-17(23)11(2)27-16/h4-11H,3H2,1-2H3,(H,20,24)(H,21,25)(H,22,23). The Morgan fingerprint density at radius 2 is 1.81 bits per heavy atom. The smallest absolute Gasteiger partial charge is 0.411 e. The molecule has 0 radical (unpaired) electrons.